The van der Waals surface area contributed by atoms with Crippen molar-refractivity contribution in [3.05, 3.63) is 53.2 Å². The first-order valence-electron chi connectivity index (χ1n) is 8.91. The molecule has 1 aliphatic rings. The van der Waals surface area contributed by atoms with Crippen LogP contribution in [0.3, 0.4) is 0 Å². The number of rotatable bonds is 4. The van der Waals surface area contributed by atoms with Crippen molar-refractivity contribution in [2.24, 2.45) is 10.7 Å². The highest BCUT2D eigenvalue weighted by Gasteiger charge is 2.11. The van der Waals surface area contributed by atoms with Crippen LogP contribution in [0.25, 0.3) is 10.9 Å². The number of halogens is 2. The molecule has 1 aliphatic heterocycles. The van der Waals surface area contributed by atoms with E-state index in [2.05, 4.69) is 15.3 Å². The first-order valence-corrected chi connectivity index (χ1v) is 9.29. The molecular formula is C20H22ClIN4O2. The Morgan fingerprint density at radius 3 is 2.82 bits per heavy atom. The molecular weight excluding hydrogens is 491 g/mol. The molecule has 148 valence electrons. The average Bonchev–Trinajstić information content (AvgIpc) is 2.90. The third kappa shape index (κ3) is 4.82. The second-order valence-corrected chi connectivity index (χ2v) is 6.79. The third-order valence-electron chi connectivity index (χ3n) is 4.41. The topological polar surface area (TPSA) is 84.7 Å². The minimum atomic E-state index is 0. The molecule has 0 unspecified atom stereocenters. The molecule has 0 fully saturated rings. The van der Waals surface area contributed by atoms with Gasteiger partial charge in [-0.3, -0.25) is 4.99 Å². The first kappa shape index (κ1) is 20.6. The molecule has 0 bridgehead atoms. The fourth-order valence-electron chi connectivity index (χ4n) is 3.08. The van der Waals surface area contributed by atoms with E-state index in [1.165, 1.54) is 5.56 Å². The zero-order chi connectivity index (χ0) is 18.6. The lowest BCUT2D eigenvalue weighted by Crippen LogP contribution is -2.23. The van der Waals surface area contributed by atoms with Gasteiger partial charge in [-0.25, -0.2) is 0 Å². The number of anilines is 1. The molecule has 0 spiro atoms. The highest BCUT2D eigenvalue weighted by atomic mass is 127. The number of aromatic amines is 1. The van der Waals surface area contributed by atoms with E-state index in [0.29, 0.717) is 25.7 Å². The predicted molar refractivity (Wildman–Crippen MR) is 125 cm³/mol. The Hall–Kier alpha value is -2.13. The summed E-state index contributed by atoms with van der Waals surface area (Å²) in [5.41, 5.74) is 9.08. The maximum atomic E-state index is 6.09. The number of ether oxygens (including phenoxy) is 2. The molecule has 4 rings (SSSR count). The molecule has 0 atom stereocenters. The summed E-state index contributed by atoms with van der Waals surface area (Å²) in [7, 11) is 0. The van der Waals surface area contributed by atoms with Crippen LogP contribution < -0.4 is 20.5 Å². The number of aromatic nitrogens is 1. The largest absolute Gasteiger partial charge is 0.490 e. The number of nitrogens with two attached hydrogens (primary N) is 1. The van der Waals surface area contributed by atoms with E-state index in [0.717, 1.165) is 46.0 Å². The van der Waals surface area contributed by atoms with Crippen molar-refractivity contribution in [3.63, 3.8) is 0 Å². The van der Waals surface area contributed by atoms with Crippen molar-refractivity contribution in [3.8, 4) is 11.5 Å². The molecule has 4 N–H and O–H groups in total. The summed E-state index contributed by atoms with van der Waals surface area (Å²) >= 11 is 6.09. The summed E-state index contributed by atoms with van der Waals surface area (Å²) in [6.45, 7) is 1.89. The summed E-state index contributed by atoms with van der Waals surface area (Å²) in [5, 5.41) is 4.94. The van der Waals surface area contributed by atoms with Crippen molar-refractivity contribution in [1.29, 1.82) is 0 Å². The van der Waals surface area contributed by atoms with Crippen LogP contribution in [0.2, 0.25) is 5.02 Å². The molecule has 3 aromatic rings. The van der Waals surface area contributed by atoms with E-state index in [1.807, 2.05) is 42.6 Å². The number of benzene rings is 2. The zero-order valence-corrected chi connectivity index (χ0v) is 18.3. The second-order valence-electron chi connectivity index (χ2n) is 6.36. The minimum absolute atomic E-state index is 0. The summed E-state index contributed by atoms with van der Waals surface area (Å²) < 4.78 is 11.3. The van der Waals surface area contributed by atoms with Gasteiger partial charge >= 0.3 is 0 Å². The minimum Gasteiger partial charge on any atom is -0.490 e. The van der Waals surface area contributed by atoms with Gasteiger partial charge in [-0.15, -0.1) is 24.0 Å². The van der Waals surface area contributed by atoms with Gasteiger partial charge in [0.1, 0.15) is 0 Å². The lowest BCUT2D eigenvalue weighted by molar-refractivity contribution is 0.297. The lowest BCUT2D eigenvalue weighted by atomic mass is 10.1. The molecule has 0 saturated carbocycles. The van der Waals surface area contributed by atoms with Crippen LogP contribution in [-0.4, -0.2) is 30.7 Å². The number of guanidine groups is 1. The Morgan fingerprint density at radius 2 is 1.96 bits per heavy atom. The van der Waals surface area contributed by atoms with Gasteiger partial charge < -0.3 is 25.5 Å². The standard InChI is InChI=1S/C20H21ClN4O2.HI/c21-14-2-4-17-16(10-14)13(12-24-17)6-7-23-20(22)25-15-3-5-18-19(11-15)27-9-1-8-26-18;/h2-5,10-12,24H,1,6-9H2,(H3,22,23,25);1H. The molecule has 2 heterocycles. The van der Waals surface area contributed by atoms with Crippen molar-refractivity contribution in [2.45, 2.75) is 12.8 Å². The number of H-pyrrole nitrogens is 1. The van der Waals surface area contributed by atoms with Crippen LogP contribution in [0, 0.1) is 0 Å². The molecule has 2 aromatic carbocycles. The Kier molecular flexibility index (Phi) is 6.90. The molecule has 6 nitrogen and oxygen atoms in total. The van der Waals surface area contributed by atoms with Gasteiger partial charge in [0, 0.05) is 46.8 Å². The smallest absolute Gasteiger partial charge is 0.193 e. The van der Waals surface area contributed by atoms with E-state index >= 15 is 0 Å². The van der Waals surface area contributed by atoms with Crippen LogP contribution in [0.1, 0.15) is 12.0 Å². The number of hydrogen-bond donors (Lipinski definition) is 3. The molecule has 0 saturated heterocycles. The number of fused-ring (bicyclic) bond motifs is 2. The van der Waals surface area contributed by atoms with Gasteiger partial charge in [0.05, 0.1) is 13.2 Å². The highest BCUT2D eigenvalue weighted by molar-refractivity contribution is 14.0. The SMILES string of the molecule is I.NC(=NCCc1c[nH]c2ccc(Cl)cc12)Nc1ccc2c(c1)OCCCO2. The van der Waals surface area contributed by atoms with E-state index < -0.39 is 0 Å². The second kappa shape index (κ2) is 9.38. The Bertz CT molecular complexity index is 989. The number of nitrogens with zero attached hydrogens (tertiary/aromatic N) is 1. The molecule has 0 amide bonds. The van der Waals surface area contributed by atoms with Gasteiger partial charge in [0.25, 0.3) is 0 Å². The van der Waals surface area contributed by atoms with Crippen LogP contribution in [0.5, 0.6) is 11.5 Å². The van der Waals surface area contributed by atoms with Crippen molar-refractivity contribution < 1.29 is 9.47 Å². The maximum Gasteiger partial charge on any atom is 0.193 e. The Labute approximate surface area is 185 Å². The highest BCUT2D eigenvalue weighted by Crippen LogP contribution is 2.32. The van der Waals surface area contributed by atoms with Crippen LogP contribution in [0.15, 0.2) is 47.6 Å². The van der Waals surface area contributed by atoms with Gasteiger partial charge in [-0.05, 0) is 42.3 Å². The number of hydrogen-bond acceptors (Lipinski definition) is 3. The lowest BCUT2D eigenvalue weighted by Gasteiger charge is -2.10. The fraction of sp³-hybridized carbons (Fsp3) is 0.250. The summed E-state index contributed by atoms with van der Waals surface area (Å²) in [6.07, 6.45) is 3.63. The van der Waals surface area contributed by atoms with Crippen molar-refractivity contribution in [2.75, 3.05) is 25.1 Å². The maximum absolute atomic E-state index is 6.09. The monoisotopic (exact) mass is 512 g/mol. The summed E-state index contributed by atoms with van der Waals surface area (Å²) in [4.78, 5) is 7.67. The molecule has 1 aromatic heterocycles. The Balaban J connectivity index is 0.00000225. The van der Waals surface area contributed by atoms with Gasteiger partial charge in [0.15, 0.2) is 17.5 Å². The summed E-state index contributed by atoms with van der Waals surface area (Å²) in [6, 6.07) is 11.5. The van der Waals surface area contributed by atoms with E-state index in [4.69, 9.17) is 26.8 Å². The van der Waals surface area contributed by atoms with Crippen molar-refractivity contribution >= 4 is 58.1 Å². The van der Waals surface area contributed by atoms with Gasteiger partial charge in [-0.2, -0.15) is 0 Å². The quantitative estimate of drug-likeness (QED) is 0.272. The number of aliphatic imine (C=N–C) groups is 1. The molecule has 0 aliphatic carbocycles. The number of nitrogens with one attached hydrogen (secondary N) is 2. The summed E-state index contributed by atoms with van der Waals surface area (Å²) in [5.74, 6) is 1.84. The fourth-order valence-corrected chi connectivity index (χ4v) is 3.25. The van der Waals surface area contributed by atoms with E-state index in [1.54, 1.807) is 0 Å². The van der Waals surface area contributed by atoms with Crippen LogP contribution in [0.4, 0.5) is 5.69 Å². The molecule has 28 heavy (non-hydrogen) atoms. The van der Waals surface area contributed by atoms with Crippen molar-refractivity contribution in [1.82, 2.24) is 4.98 Å². The van der Waals surface area contributed by atoms with Crippen LogP contribution >= 0.6 is 35.6 Å². The predicted octanol–water partition coefficient (Wildman–Crippen LogP) is 4.57. The first-order chi connectivity index (χ1) is 13.2. The van der Waals surface area contributed by atoms with Crippen LogP contribution in [-0.2, 0) is 6.42 Å². The third-order valence-corrected chi connectivity index (χ3v) is 4.65. The van der Waals surface area contributed by atoms with Gasteiger partial charge in [-0.1, -0.05) is 11.6 Å². The zero-order valence-electron chi connectivity index (χ0n) is 15.2. The average molecular weight is 513 g/mol. The van der Waals surface area contributed by atoms with E-state index in [-0.39, 0.29) is 24.0 Å². The normalized spacial score (nSPS) is 13.7. The van der Waals surface area contributed by atoms with Gasteiger partial charge in [0.2, 0.25) is 0 Å². The Morgan fingerprint density at radius 1 is 1.14 bits per heavy atom. The van der Waals surface area contributed by atoms with E-state index in [9.17, 15) is 0 Å². The molecule has 8 heteroatoms. The molecule has 0 radical (unpaired) electrons.